The van der Waals surface area contributed by atoms with Crippen molar-refractivity contribution in [3.05, 3.63) is 69.2 Å². The Morgan fingerprint density at radius 1 is 1.10 bits per heavy atom. The van der Waals surface area contributed by atoms with Gasteiger partial charge in [-0.1, -0.05) is 53.5 Å². The number of nitrogens with one attached hydrogen (secondary N) is 1. The van der Waals surface area contributed by atoms with Gasteiger partial charge in [-0.3, -0.25) is 10.1 Å². The normalized spacial score (nSPS) is 23.3. The topological polar surface area (TPSA) is 32.3 Å². The number of benzene rings is 2. The number of rotatable bonds is 1. The Kier molecular flexibility index (Phi) is 2.80. The lowest BCUT2D eigenvalue weighted by molar-refractivity contribution is 0.0694. The Hall–Kier alpha value is -1.55. The Balaban J connectivity index is 2.03. The molecule has 0 aliphatic carbocycles. The van der Waals surface area contributed by atoms with E-state index in [0.29, 0.717) is 22.2 Å². The van der Waals surface area contributed by atoms with Crippen molar-refractivity contribution in [2.24, 2.45) is 0 Å². The van der Waals surface area contributed by atoms with Crippen LogP contribution in [0.3, 0.4) is 0 Å². The molecule has 2 aromatic rings. The molecule has 0 bridgehead atoms. The summed E-state index contributed by atoms with van der Waals surface area (Å²) in [4.78, 5) is 14.6. The van der Waals surface area contributed by atoms with E-state index < -0.39 is 5.66 Å². The largest absolute Gasteiger partial charge is 0.311 e. The van der Waals surface area contributed by atoms with Crippen LogP contribution in [-0.4, -0.2) is 23.9 Å². The SMILES string of the molecule is O=C1c2cc(Cl)c(Cl)cc2C2(c3ccccc3)NCCN12. The molecular weight excluding hydrogens is 307 g/mol. The van der Waals surface area contributed by atoms with Crippen LogP contribution in [0.5, 0.6) is 0 Å². The van der Waals surface area contributed by atoms with E-state index >= 15 is 0 Å². The minimum Gasteiger partial charge on any atom is -0.311 e. The molecule has 0 saturated carbocycles. The number of carbonyl (C=O) groups is 1. The zero-order chi connectivity index (χ0) is 14.6. The van der Waals surface area contributed by atoms with Gasteiger partial charge in [-0.25, -0.2) is 0 Å². The number of amides is 1. The summed E-state index contributed by atoms with van der Waals surface area (Å²) in [5.74, 6) is -0.00239. The molecule has 1 unspecified atom stereocenters. The van der Waals surface area contributed by atoms with Crippen molar-refractivity contribution >= 4 is 29.1 Å². The third-order valence-corrected chi connectivity index (χ3v) is 4.96. The molecule has 1 atom stereocenters. The minimum atomic E-state index is -0.623. The molecule has 2 aromatic carbocycles. The van der Waals surface area contributed by atoms with E-state index in [0.717, 1.165) is 17.7 Å². The molecule has 2 aliphatic rings. The second-order valence-corrected chi connectivity index (χ2v) is 6.09. The van der Waals surface area contributed by atoms with Gasteiger partial charge in [0.05, 0.1) is 10.0 Å². The fraction of sp³-hybridized carbons (Fsp3) is 0.188. The highest BCUT2D eigenvalue weighted by molar-refractivity contribution is 6.42. The van der Waals surface area contributed by atoms with Crippen LogP contribution in [-0.2, 0) is 5.66 Å². The summed E-state index contributed by atoms with van der Waals surface area (Å²) < 4.78 is 0. The molecule has 106 valence electrons. The molecule has 1 N–H and O–H groups in total. The summed E-state index contributed by atoms with van der Waals surface area (Å²) >= 11 is 12.3. The predicted molar refractivity (Wildman–Crippen MR) is 82.7 cm³/mol. The third-order valence-electron chi connectivity index (χ3n) is 4.24. The van der Waals surface area contributed by atoms with E-state index in [1.807, 2.05) is 41.3 Å². The number of carbonyl (C=O) groups excluding carboxylic acids is 1. The quantitative estimate of drug-likeness (QED) is 0.875. The minimum absolute atomic E-state index is 0.00239. The van der Waals surface area contributed by atoms with Crippen LogP contribution in [0.2, 0.25) is 10.0 Å². The standard InChI is InChI=1S/C16H12Cl2N2O/c17-13-8-11-12(9-14(13)18)16(10-4-2-1-3-5-10)19-6-7-20(16)15(11)21/h1-5,8-9,19H,6-7H2. The van der Waals surface area contributed by atoms with E-state index in [1.54, 1.807) is 6.07 Å². The second-order valence-electron chi connectivity index (χ2n) is 5.27. The summed E-state index contributed by atoms with van der Waals surface area (Å²) in [5, 5.41) is 4.36. The first-order valence-electron chi connectivity index (χ1n) is 6.76. The highest BCUT2D eigenvalue weighted by atomic mass is 35.5. The van der Waals surface area contributed by atoms with Crippen molar-refractivity contribution in [3.63, 3.8) is 0 Å². The summed E-state index contributed by atoms with van der Waals surface area (Å²) in [6.45, 7) is 1.41. The van der Waals surface area contributed by atoms with Crippen LogP contribution in [0.1, 0.15) is 21.5 Å². The van der Waals surface area contributed by atoms with Gasteiger partial charge in [0.15, 0.2) is 0 Å². The van der Waals surface area contributed by atoms with Crippen LogP contribution in [0.4, 0.5) is 0 Å². The monoisotopic (exact) mass is 318 g/mol. The Bertz CT molecular complexity index is 747. The number of nitrogens with zero attached hydrogens (tertiary/aromatic N) is 1. The molecule has 1 amide bonds. The first-order chi connectivity index (χ1) is 10.1. The van der Waals surface area contributed by atoms with E-state index in [9.17, 15) is 4.79 Å². The number of hydrogen-bond acceptors (Lipinski definition) is 2. The van der Waals surface area contributed by atoms with E-state index in [4.69, 9.17) is 23.2 Å². The Labute approximate surface area is 132 Å². The van der Waals surface area contributed by atoms with Gasteiger partial charge in [-0.15, -0.1) is 0 Å². The molecule has 4 rings (SSSR count). The van der Waals surface area contributed by atoms with E-state index in [1.165, 1.54) is 0 Å². The molecule has 0 radical (unpaired) electrons. The lowest BCUT2D eigenvalue weighted by atomic mass is 9.91. The van der Waals surface area contributed by atoms with Gasteiger partial charge in [-0.2, -0.15) is 0 Å². The summed E-state index contributed by atoms with van der Waals surface area (Å²) in [5.41, 5.74) is 1.92. The van der Waals surface area contributed by atoms with Gasteiger partial charge in [-0.05, 0) is 17.7 Å². The molecule has 2 heterocycles. The molecule has 3 nitrogen and oxygen atoms in total. The smallest absolute Gasteiger partial charge is 0.256 e. The van der Waals surface area contributed by atoms with Crippen LogP contribution < -0.4 is 5.32 Å². The fourth-order valence-corrected chi connectivity index (χ4v) is 3.69. The van der Waals surface area contributed by atoms with Crippen molar-refractivity contribution in [3.8, 4) is 0 Å². The highest BCUT2D eigenvalue weighted by Crippen LogP contribution is 2.46. The maximum absolute atomic E-state index is 12.7. The number of fused-ring (bicyclic) bond motifs is 3. The van der Waals surface area contributed by atoms with E-state index in [-0.39, 0.29) is 5.91 Å². The average Bonchev–Trinajstić information content (AvgIpc) is 3.03. The van der Waals surface area contributed by atoms with Crippen molar-refractivity contribution in [2.45, 2.75) is 5.66 Å². The first kappa shape index (κ1) is 13.1. The molecule has 0 aromatic heterocycles. The van der Waals surface area contributed by atoms with Gasteiger partial charge < -0.3 is 4.90 Å². The lowest BCUT2D eigenvalue weighted by Gasteiger charge is -2.33. The Morgan fingerprint density at radius 3 is 2.57 bits per heavy atom. The number of halogens is 2. The molecule has 21 heavy (non-hydrogen) atoms. The maximum atomic E-state index is 12.7. The highest BCUT2D eigenvalue weighted by Gasteiger charge is 2.53. The second kappa shape index (κ2) is 4.47. The molecule has 1 saturated heterocycles. The van der Waals surface area contributed by atoms with Gasteiger partial charge >= 0.3 is 0 Å². The molecule has 1 fully saturated rings. The average molecular weight is 319 g/mol. The number of hydrogen-bond donors (Lipinski definition) is 1. The zero-order valence-corrected chi connectivity index (χ0v) is 12.6. The van der Waals surface area contributed by atoms with Gasteiger partial charge in [0.25, 0.3) is 5.91 Å². The van der Waals surface area contributed by atoms with E-state index in [2.05, 4.69) is 5.32 Å². The third kappa shape index (κ3) is 1.62. The molecular formula is C16H12Cl2N2O. The predicted octanol–water partition coefficient (Wildman–Crippen LogP) is 3.25. The Morgan fingerprint density at radius 2 is 1.81 bits per heavy atom. The molecule has 2 aliphatic heterocycles. The van der Waals surface area contributed by atoms with Crippen LogP contribution in [0.15, 0.2) is 42.5 Å². The first-order valence-corrected chi connectivity index (χ1v) is 7.52. The maximum Gasteiger partial charge on any atom is 0.256 e. The molecule has 5 heteroatoms. The summed E-state index contributed by atoms with van der Waals surface area (Å²) in [7, 11) is 0. The van der Waals surface area contributed by atoms with Gasteiger partial charge in [0.2, 0.25) is 0 Å². The summed E-state index contributed by atoms with van der Waals surface area (Å²) in [6.07, 6.45) is 0. The van der Waals surface area contributed by atoms with Crippen LogP contribution in [0, 0.1) is 0 Å². The van der Waals surface area contributed by atoms with Crippen LogP contribution >= 0.6 is 23.2 Å². The van der Waals surface area contributed by atoms with Crippen molar-refractivity contribution in [1.82, 2.24) is 10.2 Å². The van der Waals surface area contributed by atoms with Crippen LogP contribution in [0.25, 0.3) is 0 Å². The van der Waals surface area contributed by atoms with Crippen molar-refractivity contribution < 1.29 is 4.79 Å². The lowest BCUT2D eigenvalue weighted by Crippen LogP contribution is -2.46. The van der Waals surface area contributed by atoms with Gasteiger partial charge in [0, 0.05) is 24.2 Å². The van der Waals surface area contributed by atoms with Crippen molar-refractivity contribution in [2.75, 3.05) is 13.1 Å². The summed E-state index contributed by atoms with van der Waals surface area (Å²) in [6, 6.07) is 13.4. The fourth-order valence-electron chi connectivity index (χ4n) is 3.37. The van der Waals surface area contributed by atoms with Gasteiger partial charge in [0.1, 0.15) is 5.66 Å². The molecule has 0 spiro atoms. The zero-order valence-electron chi connectivity index (χ0n) is 11.1. The van der Waals surface area contributed by atoms with Crippen molar-refractivity contribution in [1.29, 1.82) is 0 Å².